The molecular weight excluding hydrogens is 262 g/mol. The Morgan fingerprint density at radius 1 is 1.24 bits per heavy atom. The molecule has 0 heterocycles. The second-order valence-corrected chi connectivity index (χ2v) is 6.79. The predicted molar refractivity (Wildman–Crippen MR) is 86.8 cm³/mol. The summed E-state index contributed by atoms with van der Waals surface area (Å²) in [6.45, 7) is 5.52. The summed E-state index contributed by atoms with van der Waals surface area (Å²) in [5.41, 5.74) is 1.61. The zero-order valence-electron chi connectivity index (χ0n) is 13.8. The molecule has 0 aromatic heterocycles. The average molecular weight is 291 g/mol. The maximum atomic E-state index is 6.41. The van der Waals surface area contributed by atoms with E-state index in [2.05, 4.69) is 25.2 Å². The standard InChI is InChI=1S/C18H29NO2/c1-18(2)11-9-14(10-12-18)21-17(13-19-3)15-7-5-6-8-16(15)20-4/h5-8,14,17,19H,9-13H2,1-4H3. The highest BCUT2D eigenvalue weighted by Gasteiger charge is 2.29. The van der Waals surface area contributed by atoms with Crippen molar-refractivity contribution in [1.82, 2.24) is 5.32 Å². The number of benzene rings is 1. The second-order valence-electron chi connectivity index (χ2n) is 6.79. The van der Waals surface area contributed by atoms with Gasteiger partial charge in [-0.2, -0.15) is 0 Å². The van der Waals surface area contributed by atoms with Gasteiger partial charge in [0.1, 0.15) is 5.75 Å². The van der Waals surface area contributed by atoms with Crippen molar-refractivity contribution in [2.45, 2.75) is 51.7 Å². The van der Waals surface area contributed by atoms with Crippen LogP contribution in [0.25, 0.3) is 0 Å². The summed E-state index contributed by atoms with van der Waals surface area (Å²) in [4.78, 5) is 0. The zero-order valence-corrected chi connectivity index (χ0v) is 13.8. The molecule has 0 spiro atoms. The molecule has 3 heteroatoms. The van der Waals surface area contributed by atoms with Gasteiger partial charge in [-0.05, 0) is 44.2 Å². The zero-order chi connectivity index (χ0) is 15.3. The monoisotopic (exact) mass is 291 g/mol. The lowest BCUT2D eigenvalue weighted by atomic mass is 9.76. The smallest absolute Gasteiger partial charge is 0.124 e. The SMILES string of the molecule is CNCC(OC1CCC(C)(C)CC1)c1ccccc1OC. The van der Waals surface area contributed by atoms with E-state index < -0.39 is 0 Å². The van der Waals surface area contributed by atoms with Crippen LogP contribution < -0.4 is 10.1 Å². The summed E-state index contributed by atoms with van der Waals surface area (Å²) in [7, 11) is 3.69. The number of rotatable bonds is 6. The van der Waals surface area contributed by atoms with Crippen LogP contribution in [0.5, 0.6) is 5.75 Å². The molecule has 0 saturated heterocycles. The van der Waals surface area contributed by atoms with Crippen LogP contribution in [0.1, 0.15) is 51.2 Å². The highest BCUT2D eigenvalue weighted by molar-refractivity contribution is 5.35. The van der Waals surface area contributed by atoms with Crippen molar-refractivity contribution in [1.29, 1.82) is 0 Å². The van der Waals surface area contributed by atoms with Gasteiger partial charge < -0.3 is 14.8 Å². The highest BCUT2D eigenvalue weighted by atomic mass is 16.5. The van der Waals surface area contributed by atoms with Gasteiger partial charge in [-0.25, -0.2) is 0 Å². The van der Waals surface area contributed by atoms with E-state index in [0.717, 1.165) is 30.7 Å². The predicted octanol–water partition coefficient (Wildman–Crippen LogP) is 3.94. The fourth-order valence-corrected chi connectivity index (χ4v) is 3.09. The first-order chi connectivity index (χ1) is 10.1. The normalized spacial score (nSPS) is 20.2. The Bertz CT molecular complexity index is 435. The molecule has 0 aliphatic heterocycles. The third-order valence-electron chi connectivity index (χ3n) is 4.52. The van der Waals surface area contributed by atoms with E-state index in [1.54, 1.807) is 7.11 Å². The number of hydrogen-bond acceptors (Lipinski definition) is 3. The minimum absolute atomic E-state index is 0.0531. The van der Waals surface area contributed by atoms with Crippen LogP contribution in [0.2, 0.25) is 0 Å². The first-order valence-electron chi connectivity index (χ1n) is 7.99. The van der Waals surface area contributed by atoms with E-state index in [9.17, 15) is 0 Å². The number of hydrogen-bond donors (Lipinski definition) is 1. The van der Waals surface area contributed by atoms with E-state index in [0.29, 0.717) is 11.5 Å². The fraction of sp³-hybridized carbons (Fsp3) is 0.667. The molecule has 0 radical (unpaired) electrons. The average Bonchev–Trinajstić information content (AvgIpc) is 2.48. The molecule has 2 rings (SSSR count). The molecule has 1 unspecified atom stereocenters. The van der Waals surface area contributed by atoms with E-state index in [1.807, 2.05) is 25.2 Å². The number of ether oxygens (including phenoxy) is 2. The highest BCUT2D eigenvalue weighted by Crippen LogP contribution is 2.38. The molecule has 1 aromatic carbocycles. The van der Waals surface area contributed by atoms with Crippen LogP contribution in [-0.4, -0.2) is 26.8 Å². The van der Waals surface area contributed by atoms with Crippen molar-refractivity contribution in [2.24, 2.45) is 5.41 Å². The van der Waals surface area contributed by atoms with Crippen LogP contribution >= 0.6 is 0 Å². The molecule has 0 amide bonds. The topological polar surface area (TPSA) is 30.5 Å². The molecule has 1 aliphatic carbocycles. The van der Waals surface area contributed by atoms with Gasteiger partial charge in [-0.3, -0.25) is 0 Å². The van der Waals surface area contributed by atoms with Crippen LogP contribution in [0.4, 0.5) is 0 Å². The lowest BCUT2D eigenvalue weighted by molar-refractivity contribution is -0.0461. The quantitative estimate of drug-likeness (QED) is 0.861. The minimum atomic E-state index is 0.0531. The summed E-state index contributed by atoms with van der Waals surface area (Å²) in [5.74, 6) is 0.911. The van der Waals surface area contributed by atoms with Crippen molar-refractivity contribution < 1.29 is 9.47 Å². The van der Waals surface area contributed by atoms with E-state index in [1.165, 1.54) is 12.8 Å². The number of nitrogens with one attached hydrogen (secondary N) is 1. The maximum Gasteiger partial charge on any atom is 0.124 e. The number of methoxy groups -OCH3 is 1. The van der Waals surface area contributed by atoms with Gasteiger partial charge >= 0.3 is 0 Å². The Hall–Kier alpha value is -1.06. The van der Waals surface area contributed by atoms with E-state index >= 15 is 0 Å². The molecule has 21 heavy (non-hydrogen) atoms. The summed E-state index contributed by atoms with van der Waals surface area (Å²) < 4.78 is 11.9. The Morgan fingerprint density at radius 3 is 2.52 bits per heavy atom. The van der Waals surface area contributed by atoms with Gasteiger partial charge in [0.25, 0.3) is 0 Å². The Labute approximate surface area is 129 Å². The molecule has 1 N–H and O–H groups in total. The van der Waals surface area contributed by atoms with Crippen molar-refractivity contribution >= 4 is 0 Å². The summed E-state index contributed by atoms with van der Waals surface area (Å²) in [5, 5.41) is 3.24. The van der Waals surface area contributed by atoms with Crippen LogP contribution in [-0.2, 0) is 4.74 Å². The van der Waals surface area contributed by atoms with Crippen LogP contribution in [0.15, 0.2) is 24.3 Å². The third-order valence-corrected chi connectivity index (χ3v) is 4.52. The van der Waals surface area contributed by atoms with Gasteiger partial charge in [0.2, 0.25) is 0 Å². The van der Waals surface area contributed by atoms with E-state index in [4.69, 9.17) is 9.47 Å². The van der Waals surface area contributed by atoms with Gasteiger partial charge in [-0.1, -0.05) is 32.0 Å². The third kappa shape index (κ3) is 4.45. The second kappa shape index (κ2) is 7.28. The largest absolute Gasteiger partial charge is 0.496 e. The van der Waals surface area contributed by atoms with Crippen LogP contribution in [0, 0.1) is 5.41 Å². The molecule has 118 valence electrons. The van der Waals surface area contributed by atoms with Crippen molar-refractivity contribution in [3.63, 3.8) is 0 Å². The van der Waals surface area contributed by atoms with Gasteiger partial charge in [0.15, 0.2) is 0 Å². The molecule has 1 aromatic rings. The molecule has 1 atom stereocenters. The first-order valence-corrected chi connectivity index (χ1v) is 7.99. The van der Waals surface area contributed by atoms with Crippen molar-refractivity contribution in [3.8, 4) is 5.75 Å². The molecular formula is C18H29NO2. The van der Waals surface area contributed by atoms with Crippen LogP contribution in [0.3, 0.4) is 0 Å². The summed E-state index contributed by atoms with van der Waals surface area (Å²) in [6.07, 6.45) is 5.22. The van der Waals surface area contributed by atoms with E-state index in [-0.39, 0.29) is 6.10 Å². The molecule has 0 bridgehead atoms. The Balaban J connectivity index is 2.06. The van der Waals surface area contributed by atoms with Crippen molar-refractivity contribution in [3.05, 3.63) is 29.8 Å². The first kappa shape index (κ1) is 16.3. The number of para-hydroxylation sites is 1. The lowest BCUT2D eigenvalue weighted by Crippen LogP contribution is -2.30. The molecule has 3 nitrogen and oxygen atoms in total. The van der Waals surface area contributed by atoms with Gasteiger partial charge in [-0.15, -0.1) is 0 Å². The fourth-order valence-electron chi connectivity index (χ4n) is 3.09. The van der Waals surface area contributed by atoms with Gasteiger partial charge in [0, 0.05) is 12.1 Å². The van der Waals surface area contributed by atoms with Gasteiger partial charge in [0.05, 0.1) is 19.3 Å². The molecule has 1 aliphatic rings. The minimum Gasteiger partial charge on any atom is -0.496 e. The Kier molecular flexibility index (Phi) is 5.65. The summed E-state index contributed by atoms with van der Waals surface area (Å²) in [6, 6.07) is 8.16. The molecule has 1 fully saturated rings. The Morgan fingerprint density at radius 2 is 1.90 bits per heavy atom. The number of likely N-dealkylation sites (N-methyl/N-ethyl adjacent to an activating group) is 1. The maximum absolute atomic E-state index is 6.41. The summed E-state index contributed by atoms with van der Waals surface area (Å²) >= 11 is 0. The lowest BCUT2D eigenvalue weighted by Gasteiger charge is -2.36. The molecule has 1 saturated carbocycles. The van der Waals surface area contributed by atoms with Crippen molar-refractivity contribution in [2.75, 3.05) is 20.7 Å².